The fraction of sp³-hybridized carbons (Fsp3) is 0.556. The molecule has 0 fully saturated rings. The van der Waals surface area contributed by atoms with Crippen molar-refractivity contribution in [2.45, 2.75) is 26.7 Å². The van der Waals surface area contributed by atoms with Gasteiger partial charge >= 0.3 is 5.69 Å². The summed E-state index contributed by atoms with van der Waals surface area (Å²) in [6, 6.07) is 0. The van der Waals surface area contributed by atoms with Crippen LogP contribution in [-0.4, -0.2) is 9.55 Å². The van der Waals surface area contributed by atoms with E-state index in [1.165, 1.54) is 0 Å². The van der Waals surface area contributed by atoms with Gasteiger partial charge in [-0.2, -0.15) is 0 Å². The molecule has 1 rings (SSSR count). The molecular formula is C9H14N2O. The maximum absolute atomic E-state index is 11.1. The van der Waals surface area contributed by atoms with Gasteiger partial charge in [0.05, 0.1) is 0 Å². The Morgan fingerprint density at radius 1 is 1.50 bits per heavy atom. The molecule has 0 aromatic carbocycles. The van der Waals surface area contributed by atoms with Crippen LogP contribution in [0, 0.1) is 6.92 Å². The smallest absolute Gasteiger partial charge is 0.299 e. The molecule has 0 spiro atoms. The molecule has 0 atom stereocenters. The third-order valence-corrected chi connectivity index (χ3v) is 2.14. The average molecular weight is 166 g/mol. The van der Waals surface area contributed by atoms with Crippen molar-refractivity contribution in [1.82, 2.24) is 9.55 Å². The van der Waals surface area contributed by atoms with Gasteiger partial charge in [-0.15, -0.1) is 0 Å². The highest BCUT2D eigenvalue weighted by Gasteiger charge is 2.06. The Morgan fingerprint density at radius 3 is 2.58 bits per heavy atom. The van der Waals surface area contributed by atoms with Crippen LogP contribution in [0.1, 0.15) is 31.0 Å². The minimum atomic E-state index is -0.183. The Kier molecular flexibility index (Phi) is 2.31. The highest BCUT2D eigenvalue weighted by atomic mass is 16.1. The third kappa shape index (κ3) is 1.40. The zero-order valence-corrected chi connectivity index (χ0v) is 7.96. The summed E-state index contributed by atoms with van der Waals surface area (Å²) in [6.07, 6.45) is 1.67. The number of rotatable bonds is 1. The quantitative estimate of drug-likeness (QED) is 0.628. The van der Waals surface area contributed by atoms with Crippen molar-refractivity contribution in [3.05, 3.63) is 27.9 Å². The number of aromatic nitrogens is 2. The molecule has 0 saturated heterocycles. The number of hydrogen-bond donors (Lipinski definition) is 0. The Balaban J connectivity index is 3.36. The van der Waals surface area contributed by atoms with E-state index in [0.29, 0.717) is 5.92 Å². The second kappa shape index (κ2) is 3.09. The van der Waals surface area contributed by atoms with E-state index in [4.69, 9.17) is 0 Å². The van der Waals surface area contributed by atoms with Gasteiger partial charge in [-0.1, -0.05) is 13.8 Å². The molecule has 3 nitrogen and oxygen atoms in total. The molecule has 0 aliphatic heterocycles. The second-order valence-electron chi connectivity index (χ2n) is 3.30. The Hall–Kier alpha value is -1.12. The fourth-order valence-electron chi connectivity index (χ4n) is 1.21. The zero-order valence-electron chi connectivity index (χ0n) is 7.96. The summed E-state index contributed by atoms with van der Waals surface area (Å²) >= 11 is 0. The minimum Gasteiger partial charge on any atom is -0.299 e. The predicted octanol–water partition coefficient (Wildman–Crippen LogP) is 1.21. The summed E-state index contributed by atoms with van der Waals surface area (Å²) in [7, 11) is 1.75. The predicted molar refractivity (Wildman–Crippen MR) is 48.3 cm³/mol. The topological polar surface area (TPSA) is 34.9 Å². The normalized spacial score (nSPS) is 10.8. The zero-order chi connectivity index (χ0) is 9.30. The minimum absolute atomic E-state index is 0.183. The van der Waals surface area contributed by atoms with E-state index in [-0.39, 0.29) is 5.69 Å². The van der Waals surface area contributed by atoms with E-state index in [1.807, 2.05) is 6.92 Å². The molecule has 0 saturated carbocycles. The Bertz CT molecular complexity index is 339. The van der Waals surface area contributed by atoms with Crippen LogP contribution >= 0.6 is 0 Å². The summed E-state index contributed by atoms with van der Waals surface area (Å²) in [5.74, 6) is 0.421. The molecule has 1 aromatic heterocycles. The summed E-state index contributed by atoms with van der Waals surface area (Å²) in [6.45, 7) is 6.13. The van der Waals surface area contributed by atoms with Gasteiger partial charge in [-0.25, -0.2) is 9.78 Å². The standard InChI is InChI=1S/C9H14N2O/c1-6(2)8-5-10-9(12)11(4)7(8)3/h5-6H,1-4H3. The molecular weight excluding hydrogens is 152 g/mol. The molecule has 0 bridgehead atoms. The van der Waals surface area contributed by atoms with E-state index in [0.717, 1.165) is 11.3 Å². The molecule has 0 aliphatic carbocycles. The molecule has 12 heavy (non-hydrogen) atoms. The Labute approximate surface area is 72.1 Å². The summed E-state index contributed by atoms with van der Waals surface area (Å²) < 4.78 is 1.58. The first kappa shape index (κ1) is 8.97. The maximum Gasteiger partial charge on any atom is 0.347 e. The van der Waals surface area contributed by atoms with E-state index < -0.39 is 0 Å². The van der Waals surface area contributed by atoms with Gasteiger partial charge in [0, 0.05) is 18.9 Å². The van der Waals surface area contributed by atoms with Crippen LogP contribution < -0.4 is 5.69 Å². The molecule has 1 heterocycles. The SMILES string of the molecule is Cc1c(C(C)C)cnc(=O)n1C. The highest BCUT2D eigenvalue weighted by molar-refractivity contribution is 5.18. The van der Waals surface area contributed by atoms with Gasteiger partial charge in [0.15, 0.2) is 0 Å². The van der Waals surface area contributed by atoms with Crippen molar-refractivity contribution in [2.75, 3.05) is 0 Å². The molecule has 0 radical (unpaired) electrons. The Morgan fingerprint density at radius 2 is 2.08 bits per heavy atom. The summed E-state index contributed by atoms with van der Waals surface area (Å²) in [5.41, 5.74) is 1.96. The lowest BCUT2D eigenvalue weighted by Crippen LogP contribution is -2.23. The summed E-state index contributed by atoms with van der Waals surface area (Å²) in [4.78, 5) is 14.8. The van der Waals surface area contributed by atoms with E-state index in [2.05, 4.69) is 18.8 Å². The van der Waals surface area contributed by atoms with Crippen molar-refractivity contribution < 1.29 is 0 Å². The van der Waals surface area contributed by atoms with Crippen LogP contribution in [0.15, 0.2) is 11.0 Å². The molecule has 0 N–H and O–H groups in total. The monoisotopic (exact) mass is 166 g/mol. The maximum atomic E-state index is 11.1. The third-order valence-electron chi connectivity index (χ3n) is 2.14. The lowest BCUT2D eigenvalue weighted by atomic mass is 10.0. The van der Waals surface area contributed by atoms with Crippen LogP contribution in [-0.2, 0) is 7.05 Å². The van der Waals surface area contributed by atoms with Crippen LogP contribution in [0.2, 0.25) is 0 Å². The van der Waals surface area contributed by atoms with Crippen molar-refractivity contribution >= 4 is 0 Å². The molecule has 0 aliphatic rings. The van der Waals surface area contributed by atoms with Crippen LogP contribution in [0.25, 0.3) is 0 Å². The van der Waals surface area contributed by atoms with Crippen molar-refractivity contribution in [3.8, 4) is 0 Å². The van der Waals surface area contributed by atoms with E-state index >= 15 is 0 Å². The molecule has 1 aromatic rings. The van der Waals surface area contributed by atoms with Crippen molar-refractivity contribution in [2.24, 2.45) is 7.05 Å². The van der Waals surface area contributed by atoms with Crippen molar-refractivity contribution in [1.29, 1.82) is 0 Å². The van der Waals surface area contributed by atoms with E-state index in [1.54, 1.807) is 17.8 Å². The highest BCUT2D eigenvalue weighted by Crippen LogP contribution is 2.14. The first-order chi connectivity index (χ1) is 5.54. The van der Waals surface area contributed by atoms with Gasteiger partial charge < -0.3 is 0 Å². The molecule has 66 valence electrons. The van der Waals surface area contributed by atoms with Gasteiger partial charge in [-0.3, -0.25) is 4.57 Å². The first-order valence-electron chi connectivity index (χ1n) is 4.06. The number of nitrogens with zero attached hydrogens (tertiary/aromatic N) is 2. The van der Waals surface area contributed by atoms with Crippen LogP contribution in [0.3, 0.4) is 0 Å². The fourth-order valence-corrected chi connectivity index (χ4v) is 1.21. The molecule has 0 amide bonds. The second-order valence-corrected chi connectivity index (χ2v) is 3.30. The van der Waals surface area contributed by atoms with Gasteiger partial charge in [-0.05, 0) is 18.4 Å². The van der Waals surface area contributed by atoms with E-state index in [9.17, 15) is 4.79 Å². The van der Waals surface area contributed by atoms with Crippen molar-refractivity contribution in [3.63, 3.8) is 0 Å². The van der Waals surface area contributed by atoms with Crippen LogP contribution in [0.5, 0.6) is 0 Å². The lowest BCUT2D eigenvalue weighted by molar-refractivity contribution is 0.724. The lowest BCUT2D eigenvalue weighted by Gasteiger charge is -2.11. The van der Waals surface area contributed by atoms with Gasteiger partial charge in [0.25, 0.3) is 0 Å². The van der Waals surface area contributed by atoms with Gasteiger partial charge in [0.2, 0.25) is 0 Å². The largest absolute Gasteiger partial charge is 0.347 e. The average Bonchev–Trinajstić information content (AvgIpc) is 2.00. The van der Waals surface area contributed by atoms with Gasteiger partial charge in [0.1, 0.15) is 0 Å². The summed E-state index contributed by atoms with van der Waals surface area (Å²) in [5, 5.41) is 0. The number of hydrogen-bond acceptors (Lipinski definition) is 2. The molecule has 0 unspecified atom stereocenters. The van der Waals surface area contributed by atoms with Crippen LogP contribution in [0.4, 0.5) is 0 Å². The molecule has 3 heteroatoms. The first-order valence-corrected chi connectivity index (χ1v) is 4.06.